The van der Waals surface area contributed by atoms with Crippen molar-refractivity contribution >= 4 is 15.9 Å². The van der Waals surface area contributed by atoms with Gasteiger partial charge in [-0.1, -0.05) is 0 Å². The number of likely N-dealkylation sites (N-methyl/N-ethyl adjacent to an activating group) is 1. The van der Waals surface area contributed by atoms with E-state index in [-0.39, 0.29) is 5.91 Å². The summed E-state index contributed by atoms with van der Waals surface area (Å²) in [6.07, 6.45) is 0. The average Bonchev–Trinajstić information content (AvgIpc) is 2.26. The fourth-order valence-corrected chi connectivity index (χ4v) is 3.26. The first-order valence-corrected chi connectivity index (χ1v) is 7.09. The molecule has 1 amide bonds. The van der Waals surface area contributed by atoms with Gasteiger partial charge >= 0.3 is 0 Å². The number of amides is 1. The fraction of sp³-hybridized carbons (Fsp3) is 0.900. The number of nitrogens with zero attached hydrogens (tertiary/aromatic N) is 1. The number of sulfonamides is 1. The van der Waals surface area contributed by atoms with E-state index in [1.54, 1.807) is 20.8 Å². The van der Waals surface area contributed by atoms with Crippen molar-refractivity contribution in [3.05, 3.63) is 0 Å². The van der Waals surface area contributed by atoms with E-state index in [1.807, 2.05) is 0 Å². The summed E-state index contributed by atoms with van der Waals surface area (Å²) in [5.74, 6) is -0.273. The van der Waals surface area contributed by atoms with Crippen LogP contribution in [0.5, 0.6) is 0 Å². The van der Waals surface area contributed by atoms with Crippen molar-refractivity contribution in [2.24, 2.45) is 0 Å². The predicted molar refractivity (Wildman–Crippen MR) is 66.1 cm³/mol. The van der Waals surface area contributed by atoms with E-state index in [2.05, 4.69) is 10.6 Å². The molecule has 1 saturated heterocycles. The molecular weight excluding hydrogens is 242 g/mol. The third-order valence-electron chi connectivity index (χ3n) is 2.83. The second kappa shape index (κ2) is 4.91. The minimum atomic E-state index is -3.47. The Morgan fingerprint density at radius 2 is 2.00 bits per heavy atom. The Balaban J connectivity index is 3.05. The molecule has 6 nitrogen and oxygen atoms in total. The summed E-state index contributed by atoms with van der Waals surface area (Å²) < 4.78 is 25.1. The van der Waals surface area contributed by atoms with E-state index in [4.69, 9.17) is 0 Å². The largest absolute Gasteiger partial charge is 0.358 e. The number of rotatable bonds is 2. The molecule has 17 heavy (non-hydrogen) atoms. The molecule has 1 aliphatic rings. The Morgan fingerprint density at radius 1 is 1.41 bits per heavy atom. The number of piperazine rings is 1. The van der Waals surface area contributed by atoms with Crippen LogP contribution in [-0.4, -0.2) is 56.1 Å². The molecule has 1 fully saturated rings. The number of hydrogen-bond donors (Lipinski definition) is 2. The SMILES string of the molecule is CNC(=O)C1CNCCN1S(=O)(=O)C(C)(C)C. The van der Waals surface area contributed by atoms with Crippen LogP contribution in [0.15, 0.2) is 0 Å². The maximum atomic E-state index is 12.4. The monoisotopic (exact) mass is 263 g/mol. The van der Waals surface area contributed by atoms with Crippen molar-refractivity contribution in [3.8, 4) is 0 Å². The molecule has 0 spiro atoms. The second-order valence-corrected chi connectivity index (χ2v) is 7.71. The zero-order chi connectivity index (χ0) is 13.3. The van der Waals surface area contributed by atoms with E-state index in [0.717, 1.165) is 0 Å². The summed E-state index contributed by atoms with van der Waals surface area (Å²) in [5, 5.41) is 5.54. The van der Waals surface area contributed by atoms with Gasteiger partial charge in [0.25, 0.3) is 0 Å². The van der Waals surface area contributed by atoms with Gasteiger partial charge in [-0.15, -0.1) is 0 Å². The molecule has 0 aromatic rings. The van der Waals surface area contributed by atoms with Crippen molar-refractivity contribution in [2.45, 2.75) is 31.6 Å². The molecule has 100 valence electrons. The lowest BCUT2D eigenvalue weighted by Crippen LogP contribution is -2.61. The molecule has 0 aliphatic carbocycles. The number of carbonyl (C=O) groups excluding carboxylic acids is 1. The van der Waals surface area contributed by atoms with Gasteiger partial charge in [0.1, 0.15) is 6.04 Å². The van der Waals surface area contributed by atoms with Crippen LogP contribution in [0.2, 0.25) is 0 Å². The highest BCUT2D eigenvalue weighted by Crippen LogP contribution is 2.23. The summed E-state index contributed by atoms with van der Waals surface area (Å²) in [7, 11) is -1.96. The first-order chi connectivity index (χ1) is 7.71. The van der Waals surface area contributed by atoms with Gasteiger partial charge in [-0.2, -0.15) is 4.31 Å². The average molecular weight is 263 g/mol. The van der Waals surface area contributed by atoms with Gasteiger partial charge in [0.2, 0.25) is 15.9 Å². The summed E-state index contributed by atoms with van der Waals surface area (Å²) in [6.45, 7) is 6.19. The quantitative estimate of drug-likeness (QED) is 0.679. The van der Waals surface area contributed by atoms with Crippen molar-refractivity contribution in [1.29, 1.82) is 0 Å². The van der Waals surface area contributed by atoms with Crippen LogP contribution in [0.3, 0.4) is 0 Å². The third kappa shape index (κ3) is 2.78. The highest BCUT2D eigenvalue weighted by atomic mass is 32.2. The second-order valence-electron chi connectivity index (χ2n) is 5.06. The Labute approximate surface area is 103 Å². The van der Waals surface area contributed by atoms with Crippen molar-refractivity contribution in [1.82, 2.24) is 14.9 Å². The minimum absolute atomic E-state index is 0.273. The molecule has 0 aromatic heterocycles. The summed E-state index contributed by atoms with van der Waals surface area (Å²) in [6, 6.07) is -0.655. The maximum Gasteiger partial charge on any atom is 0.239 e. The van der Waals surface area contributed by atoms with Gasteiger partial charge in [0.05, 0.1) is 4.75 Å². The standard InChI is InChI=1S/C10H21N3O3S/c1-10(2,3)17(15,16)13-6-5-12-7-8(13)9(14)11-4/h8,12H,5-7H2,1-4H3,(H,11,14). The molecule has 1 rings (SSSR count). The number of nitrogens with one attached hydrogen (secondary N) is 2. The molecule has 2 N–H and O–H groups in total. The fourth-order valence-electron chi connectivity index (χ4n) is 1.72. The zero-order valence-corrected chi connectivity index (χ0v) is 11.6. The third-order valence-corrected chi connectivity index (χ3v) is 5.43. The molecule has 1 atom stereocenters. The molecule has 1 heterocycles. The zero-order valence-electron chi connectivity index (χ0n) is 10.8. The Bertz CT molecular complexity index is 386. The van der Waals surface area contributed by atoms with Gasteiger partial charge in [-0.25, -0.2) is 8.42 Å². The molecule has 0 aromatic carbocycles. The van der Waals surface area contributed by atoms with E-state index >= 15 is 0 Å². The van der Waals surface area contributed by atoms with E-state index in [1.165, 1.54) is 11.4 Å². The normalized spacial score (nSPS) is 23.4. The molecule has 1 aliphatic heterocycles. The number of carbonyl (C=O) groups is 1. The molecule has 0 radical (unpaired) electrons. The first-order valence-electron chi connectivity index (χ1n) is 5.65. The summed E-state index contributed by atoms with van der Waals surface area (Å²) >= 11 is 0. The van der Waals surface area contributed by atoms with Crippen LogP contribution in [0.4, 0.5) is 0 Å². The molecule has 0 bridgehead atoms. The van der Waals surface area contributed by atoms with Crippen LogP contribution in [0, 0.1) is 0 Å². The van der Waals surface area contributed by atoms with Crippen molar-refractivity contribution in [2.75, 3.05) is 26.7 Å². The molecule has 7 heteroatoms. The van der Waals surface area contributed by atoms with Crippen LogP contribution in [0.1, 0.15) is 20.8 Å². The Hall–Kier alpha value is -0.660. The van der Waals surface area contributed by atoms with E-state index in [0.29, 0.717) is 19.6 Å². The molecule has 1 unspecified atom stereocenters. The van der Waals surface area contributed by atoms with Crippen LogP contribution >= 0.6 is 0 Å². The van der Waals surface area contributed by atoms with Crippen molar-refractivity contribution in [3.63, 3.8) is 0 Å². The lowest BCUT2D eigenvalue weighted by Gasteiger charge is -2.37. The Morgan fingerprint density at radius 3 is 2.47 bits per heavy atom. The van der Waals surface area contributed by atoms with Gasteiger partial charge in [-0.05, 0) is 20.8 Å². The van der Waals surface area contributed by atoms with Gasteiger partial charge in [-0.3, -0.25) is 4.79 Å². The number of hydrogen-bond acceptors (Lipinski definition) is 4. The molecule has 0 saturated carbocycles. The summed E-state index contributed by atoms with van der Waals surface area (Å²) in [5.41, 5.74) is 0. The van der Waals surface area contributed by atoms with Gasteiger partial charge in [0, 0.05) is 26.7 Å². The predicted octanol–water partition coefficient (Wildman–Crippen LogP) is -0.865. The van der Waals surface area contributed by atoms with E-state index < -0.39 is 20.8 Å². The van der Waals surface area contributed by atoms with Gasteiger partial charge < -0.3 is 10.6 Å². The van der Waals surface area contributed by atoms with Gasteiger partial charge in [0.15, 0.2) is 0 Å². The maximum absolute atomic E-state index is 12.4. The minimum Gasteiger partial charge on any atom is -0.358 e. The smallest absolute Gasteiger partial charge is 0.239 e. The van der Waals surface area contributed by atoms with Crippen molar-refractivity contribution < 1.29 is 13.2 Å². The van der Waals surface area contributed by atoms with Crippen LogP contribution in [-0.2, 0) is 14.8 Å². The lowest BCUT2D eigenvalue weighted by atomic mass is 10.2. The summed E-state index contributed by atoms with van der Waals surface area (Å²) in [4.78, 5) is 11.7. The lowest BCUT2D eigenvalue weighted by molar-refractivity contribution is -0.124. The first kappa shape index (κ1) is 14.4. The highest BCUT2D eigenvalue weighted by Gasteiger charge is 2.42. The molecular formula is C10H21N3O3S. The van der Waals surface area contributed by atoms with Crippen LogP contribution < -0.4 is 10.6 Å². The topological polar surface area (TPSA) is 78.5 Å². The van der Waals surface area contributed by atoms with E-state index in [9.17, 15) is 13.2 Å². The van der Waals surface area contributed by atoms with Crippen LogP contribution in [0.25, 0.3) is 0 Å². The Kier molecular flexibility index (Phi) is 4.16. The highest BCUT2D eigenvalue weighted by molar-refractivity contribution is 7.90.